The molecule has 0 saturated carbocycles. The zero-order valence-corrected chi connectivity index (χ0v) is 14.3. The van der Waals surface area contributed by atoms with Crippen molar-refractivity contribution in [2.24, 2.45) is 0 Å². The van der Waals surface area contributed by atoms with Gasteiger partial charge in [0, 0.05) is 5.57 Å². The lowest BCUT2D eigenvalue weighted by Gasteiger charge is -2.05. The highest BCUT2D eigenvalue weighted by atomic mass is 14.1. The third-order valence-electron chi connectivity index (χ3n) is 2.50. The first-order valence-corrected chi connectivity index (χ1v) is 7.82. The van der Waals surface area contributed by atoms with Gasteiger partial charge < -0.3 is 0 Å². The van der Waals surface area contributed by atoms with Crippen LogP contribution in [0.5, 0.6) is 0 Å². The molecule has 0 atom stereocenters. The van der Waals surface area contributed by atoms with Crippen molar-refractivity contribution < 1.29 is 0 Å². The topological polar surface area (TPSA) is 0 Å². The summed E-state index contributed by atoms with van der Waals surface area (Å²) < 4.78 is 0. The standard InChI is InChI=1S/C17H16.2C2H6/c1-14(2)13-17(15-9-5-3-6-10-15)16-11-7-4-8-12-16;2*1-2/h3-12H,1-2H3;2*1-2H3. The number of allylic oxidation sites excluding steroid dienone is 1. The molecule has 0 aliphatic heterocycles. The van der Waals surface area contributed by atoms with E-state index < -0.39 is 0 Å². The molecule has 0 bridgehead atoms. The molecule has 0 spiro atoms. The van der Waals surface area contributed by atoms with E-state index in [0.717, 1.165) is 5.57 Å². The monoisotopic (exact) mass is 280 g/mol. The van der Waals surface area contributed by atoms with Crippen molar-refractivity contribution in [2.75, 3.05) is 0 Å². The Hall–Kier alpha value is -2.04. The summed E-state index contributed by atoms with van der Waals surface area (Å²) in [5.41, 5.74) is 8.21. The van der Waals surface area contributed by atoms with Gasteiger partial charge >= 0.3 is 0 Å². The van der Waals surface area contributed by atoms with Crippen molar-refractivity contribution in [3.8, 4) is 0 Å². The molecule has 0 heteroatoms. The summed E-state index contributed by atoms with van der Waals surface area (Å²) in [6.45, 7) is 12.2. The van der Waals surface area contributed by atoms with Gasteiger partial charge in [-0.3, -0.25) is 0 Å². The fraction of sp³-hybridized carbons (Fsp3) is 0.286. The molecule has 0 heterocycles. The smallest absolute Gasteiger partial charge is 0.0308 e. The molecule has 0 nitrogen and oxygen atoms in total. The first-order chi connectivity index (χ1) is 10.3. The van der Waals surface area contributed by atoms with E-state index in [9.17, 15) is 0 Å². The van der Waals surface area contributed by atoms with Crippen molar-refractivity contribution in [2.45, 2.75) is 41.5 Å². The van der Waals surface area contributed by atoms with Crippen LogP contribution in [0, 0.1) is 0 Å². The quantitative estimate of drug-likeness (QED) is 0.535. The van der Waals surface area contributed by atoms with Crippen LogP contribution in [0.2, 0.25) is 0 Å². The van der Waals surface area contributed by atoms with Crippen LogP contribution in [0.4, 0.5) is 0 Å². The molecule has 2 rings (SSSR count). The Morgan fingerprint density at radius 3 is 1.24 bits per heavy atom. The van der Waals surface area contributed by atoms with Gasteiger partial charge in [0.25, 0.3) is 0 Å². The summed E-state index contributed by atoms with van der Waals surface area (Å²) >= 11 is 0. The molecule has 112 valence electrons. The average molecular weight is 280 g/mol. The molecule has 0 radical (unpaired) electrons. The van der Waals surface area contributed by atoms with Gasteiger partial charge in [0.15, 0.2) is 0 Å². The summed E-state index contributed by atoms with van der Waals surface area (Å²) in [4.78, 5) is 0. The lowest BCUT2D eigenvalue weighted by molar-refractivity contribution is 1.40. The van der Waals surface area contributed by atoms with Crippen LogP contribution in [0.25, 0.3) is 5.57 Å². The largest absolute Gasteiger partial charge is 0.113 e. The highest BCUT2D eigenvalue weighted by Crippen LogP contribution is 2.22. The van der Waals surface area contributed by atoms with Crippen molar-refractivity contribution >= 4 is 5.57 Å². The zero-order chi connectivity index (χ0) is 16.1. The van der Waals surface area contributed by atoms with E-state index in [1.165, 1.54) is 16.7 Å². The molecule has 0 aromatic heterocycles. The van der Waals surface area contributed by atoms with Crippen molar-refractivity contribution in [3.05, 3.63) is 83.1 Å². The Balaban J connectivity index is 0.000000921. The van der Waals surface area contributed by atoms with Gasteiger partial charge in [0.1, 0.15) is 0 Å². The highest BCUT2D eigenvalue weighted by molar-refractivity contribution is 5.79. The third-order valence-corrected chi connectivity index (χ3v) is 2.50. The van der Waals surface area contributed by atoms with E-state index in [2.05, 4.69) is 68.1 Å². The minimum Gasteiger partial charge on any atom is -0.113 e. The summed E-state index contributed by atoms with van der Waals surface area (Å²) in [6, 6.07) is 20.8. The fourth-order valence-corrected chi connectivity index (χ4v) is 1.77. The summed E-state index contributed by atoms with van der Waals surface area (Å²) in [6.07, 6.45) is 0. The first-order valence-electron chi connectivity index (χ1n) is 7.82. The summed E-state index contributed by atoms with van der Waals surface area (Å²) in [7, 11) is 0. The number of hydrogen-bond acceptors (Lipinski definition) is 0. The molecule has 0 aliphatic rings. The summed E-state index contributed by atoms with van der Waals surface area (Å²) in [5, 5.41) is 0. The number of rotatable bonds is 2. The van der Waals surface area contributed by atoms with Crippen molar-refractivity contribution in [1.82, 2.24) is 0 Å². The molecule has 21 heavy (non-hydrogen) atoms. The molecule has 0 amide bonds. The van der Waals surface area contributed by atoms with Gasteiger partial charge in [-0.2, -0.15) is 0 Å². The number of hydrogen-bond donors (Lipinski definition) is 0. The van der Waals surface area contributed by atoms with E-state index in [1.54, 1.807) is 0 Å². The van der Waals surface area contributed by atoms with Gasteiger partial charge in [-0.15, -0.1) is 5.73 Å². The minimum absolute atomic E-state index is 1.16. The van der Waals surface area contributed by atoms with E-state index in [0.29, 0.717) is 0 Å². The van der Waals surface area contributed by atoms with Crippen LogP contribution in [0.1, 0.15) is 52.7 Å². The Bertz CT molecular complexity index is 496. The van der Waals surface area contributed by atoms with Crippen molar-refractivity contribution in [3.63, 3.8) is 0 Å². The zero-order valence-electron chi connectivity index (χ0n) is 14.3. The van der Waals surface area contributed by atoms with Gasteiger partial charge in [-0.1, -0.05) is 88.4 Å². The molecule has 0 fully saturated rings. The van der Waals surface area contributed by atoms with Crippen molar-refractivity contribution in [1.29, 1.82) is 0 Å². The van der Waals surface area contributed by atoms with E-state index >= 15 is 0 Å². The second kappa shape index (κ2) is 11.8. The highest BCUT2D eigenvalue weighted by Gasteiger charge is 2.02. The minimum atomic E-state index is 1.16. The van der Waals surface area contributed by atoms with Crippen LogP contribution < -0.4 is 0 Å². The first kappa shape index (κ1) is 19.0. The Morgan fingerprint density at radius 1 is 0.619 bits per heavy atom. The molecular formula is C21H28. The number of benzene rings is 2. The molecule has 0 aliphatic carbocycles. The average Bonchev–Trinajstić information content (AvgIpc) is 2.58. The maximum Gasteiger partial charge on any atom is 0.0308 e. The lowest BCUT2D eigenvalue weighted by Crippen LogP contribution is -1.86. The second-order valence-corrected chi connectivity index (χ2v) is 4.23. The molecule has 0 saturated heterocycles. The lowest BCUT2D eigenvalue weighted by atomic mass is 9.98. The Morgan fingerprint density at radius 2 is 0.952 bits per heavy atom. The predicted molar refractivity (Wildman–Crippen MR) is 96.5 cm³/mol. The normalized spacial score (nSPS) is 8.29. The van der Waals surface area contributed by atoms with Crippen LogP contribution >= 0.6 is 0 Å². The van der Waals surface area contributed by atoms with Crippen LogP contribution in [-0.2, 0) is 0 Å². The Kier molecular flexibility index (Phi) is 10.6. The maximum absolute atomic E-state index is 3.45. The van der Waals surface area contributed by atoms with Gasteiger partial charge in [-0.05, 0) is 30.5 Å². The fourth-order valence-electron chi connectivity index (χ4n) is 1.77. The summed E-state index contributed by atoms with van der Waals surface area (Å²) in [5.74, 6) is 0. The second-order valence-electron chi connectivity index (χ2n) is 4.23. The molecular weight excluding hydrogens is 252 g/mol. The SMILES string of the molecule is CC.CC.CC(C)=C=C(c1ccccc1)c1ccccc1. The van der Waals surface area contributed by atoms with Gasteiger partial charge in [-0.25, -0.2) is 0 Å². The molecule has 2 aromatic rings. The van der Waals surface area contributed by atoms with Crippen LogP contribution in [-0.4, -0.2) is 0 Å². The molecule has 0 N–H and O–H groups in total. The predicted octanol–water partition coefficient (Wildman–Crippen LogP) is 6.74. The van der Waals surface area contributed by atoms with E-state index in [1.807, 2.05) is 39.8 Å². The van der Waals surface area contributed by atoms with Crippen LogP contribution in [0.3, 0.4) is 0 Å². The maximum atomic E-state index is 3.45. The van der Waals surface area contributed by atoms with E-state index in [-0.39, 0.29) is 0 Å². The van der Waals surface area contributed by atoms with Gasteiger partial charge in [0.2, 0.25) is 0 Å². The molecule has 0 unspecified atom stereocenters. The van der Waals surface area contributed by atoms with Gasteiger partial charge in [0.05, 0.1) is 0 Å². The van der Waals surface area contributed by atoms with Crippen LogP contribution in [0.15, 0.2) is 72.0 Å². The third kappa shape index (κ3) is 6.79. The Labute approximate surface area is 130 Å². The molecule has 2 aromatic carbocycles. The van der Waals surface area contributed by atoms with E-state index in [4.69, 9.17) is 0 Å².